The minimum atomic E-state index is -1.38. The zero-order valence-corrected chi connectivity index (χ0v) is 13.1. The van der Waals surface area contributed by atoms with E-state index in [0.717, 1.165) is 18.2 Å². The topological polar surface area (TPSA) is 139 Å². The molecule has 1 aromatic rings. The van der Waals surface area contributed by atoms with Crippen LogP contribution in [0.1, 0.15) is 19.4 Å². The number of carbonyl (C=O) groups is 2. The molecule has 0 saturated heterocycles. The van der Waals surface area contributed by atoms with Gasteiger partial charge in [0.15, 0.2) is 5.92 Å². The number of nitro groups is 2. The van der Waals surface area contributed by atoms with Crippen molar-refractivity contribution in [3.8, 4) is 0 Å². The van der Waals surface area contributed by atoms with Crippen LogP contribution in [-0.2, 0) is 25.5 Å². The highest BCUT2D eigenvalue weighted by molar-refractivity contribution is 5.95. The minimum absolute atomic E-state index is 0.00305. The van der Waals surface area contributed by atoms with Crippen LogP contribution in [-0.4, -0.2) is 35.0 Å². The van der Waals surface area contributed by atoms with Crippen LogP contribution in [0.5, 0.6) is 0 Å². The summed E-state index contributed by atoms with van der Waals surface area (Å²) in [5, 5.41) is 21.9. The fraction of sp³-hybridized carbons (Fsp3) is 0.429. The third kappa shape index (κ3) is 4.73. The molecule has 0 aromatic heterocycles. The van der Waals surface area contributed by atoms with E-state index in [9.17, 15) is 29.8 Å². The number of benzene rings is 1. The Kier molecular flexibility index (Phi) is 6.78. The highest BCUT2D eigenvalue weighted by atomic mass is 16.6. The van der Waals surface area contributed by atoms with Crippen molar-refractivity contribution < 1.29 is 28.9 Å². The third-order valence-electron chi connectivity index (χ3n) is 3.04. The zero-order valence-electron chi connectivity index (χ0n) is 13.1. The van der Waals surface area contributed by atoms with E-state index in [1.165, 1.54) is 0 Å². The number of esters is 2. The number of carbonyl (C=O) groups excluding carboxylic acids is 2. The van der Waals surface area contributed by atoms with Crippen molar-refractivity contribution in [3.63, 3.8) is 0 Å². The fourth-order valence-electron chi connectivity index (χ4n) is 1.98. The monoisotopic (exact) mass is 340 g/mol. The lowest BCUT2D eigenvalue weighted by Crippen LogP contribution is -2.30. The molecule has 0 atom stereocenters. The zero-order chi connectivity index (χ0) is 18.3. The average Bonchev–Trinajstić information content (AvgIpc) is 2.52. The Labute approximate surface area is 136 Å². The van der Waals surface area contributed by atoms with E-state index < -0.39 is 39.1 Å². The van der Waals surface area contributed by atoms with Crippen molar-refractivity contribution >= 4 is 23.3 Å². The van der Waals surface area contributed by atoms with Gasteiger partial charge in [-0.25, -0.2) is 0 Å². The van der Waals surface area contributed by atoms with Crippen LogP contribution in [0, 0.1) is 26.1 Å². The van der Waals surface area contributed by atoms with E-state index in [4.69, 9.17) is 9.47 Å². The van der Waals surface area contributed by atoms with Crippen molar-refractivity contribution in [2.24, 2.45) is 5.92 Å². The summed E-state index contributed by atoms with van der Waals surface area (Å²) in [6.45, 7) is 3.15. The van der Waals surface area contributed by atoms with Gasteiger partial charge < -0.3 is 9.47 Å². The number of nitro benzene ring substituents is 2. The SMILES string of the molecule is CCOC(=O)C(Cc1ccc([N+](=O)[O-])cc1[N+](=O)[O-])C(=O)OCC. The molecule has 0 bridgehead atoms. The summed E-state index contributed by atoms with van der Waals surface area (Å²) in [5.41, 5.74) is -1.02. The van der Waals surface area contributed by atoms with Gasteiger partial charge in [0.05, 0.1) is 29.1 Å². The van der Waals surface area contributed by atoms with Gasteiger partial charge in [0, 0.05) is 18.1 Å². The molecule has 0 unspecified atom stereocenters. The Morgan fingerprint density at radius 2 is 1.58 bits per heavy atom. The second kappa shape index (κ2) is 8.56. The van der Waals surface area contributed by atoms with Gasteiger partial charge in [0.25, 0.3) is 11.4 Å². The summed E-state index contributed by atoms with van der Waals surface area (Å²) >= 11 is 0. The van der Waals surface area contributed by atoms with Gasteiger partial charge in [-0.15, -0.1) is 0 Å². The van der Waals surface area contributed by atoms with Crippen molar-refractivity contribution in [3.05, 3.63) is 44.0 Å². The maximum Gasteiger partial charge on any atom is 0.320 e. The summed E-state index contributed by atoms with van der Waals surface area (Å²) in [7, 11) is 0. The van der Waals surface area contributed by atoms with E-state index in [1.54, 1.807) is 13.8 Å². The molecule has 1 rings (SSSR count). The molecule has 0 radical (unpaired) electrons. The van der Waals surface area contributed by atoms with E-state index in [2.05, 4.69) is 0 Å². The standard InChI is InChI=1S/C14H16N2O8/c1-3-23-13(17)11(14(18)24-4-2)7-9-5-6-10(15(19)20)8-12(9)16(21)22/h5-6,8,11H,3-4,7H2,1-2H3. The van der Waals surface area contributed by atoms with Crippen LogP contribution >= 0.6 is 0 Å². The normalized spacial score (nSPS) is 10.3. The van der Waals surface area contributed by atoms with Gasteiger partial charge >= 0.3 is 11.9 Å². The molecule has 0 fully saturated rings. The Morgan fingerprint density at radius 3 is 2.00 bits per heavy atom. The van der Waals surface area contributed by atoms with Crippen LogP contribution in [0.15, 0.2) is 18.2 Å². The molecule has 0 amide bonds. The number of rotatable bonds is 8. The Bertz CT molecular complexity index is 640. The van der Waals surface area contributed by atoms with Crippen molar-refractivity contribution in [1.82, 2.24) is 0 Å². The first-order chi connectivity index (χ1) is 11.3. The lowest BCUT2D eigenvalue weighted by Gasteiger charge is -2.14. The molecule has 0 aliphatic heterocycles. The third-order valence-corrected chi connectivity index (χ3v) is 3.04. The summed E-state index contributed by atoms with van der Waals surface area (Å²) < 4.78 is 9.58. The van der Waals surface area contributed by atoms with Gasteiger partial charge in [0.2, 0.25) is 0 Å². The Balaban J connectivity index is 3.21. The first-order valence-corrected chi connectivity index (χ1v) is 7.06. The second-order valence-electron chi connectivity index (χ2n) is 4.59. The molecule has 24 heavy (non-hydrogen) atoms. The number of hydrogen-bond acceptors (Lipinski definition) is 8. The molecule has 1 aromatic carbocycles. The van der Waals surface area contributed by atoms with Crippen LogP contribution < -0.4 is 0 Å². The molecule has 0 aliphatic rings. The van der Waals surface area contributed by atoms with Gasteiger partial charge in [-0.1, -0.05) is 0 Å². The number of hydrogen-bond donors (Lipinski definition) is 0. The predicted octanol–water partition coefficient (Wildman–Crippen LogP) is 1.79. The van der Waals surface area contributed by atoms with Gasteiger partial charge in [-0.2, -0.15) is 0 Å². The van der Waals surface area contributed by atoms with Gasteiger partial charge in [-0.3, -0.25) is 29.8 Å². The summed E-state index contributed by atoms with van der Waals surface area (Å²) in [5.74, 6) is -3.13. The van der Waals surface area contributed by atoms with Gasteiger partial charge in [0.1, 0.15) is 0 Å². The minimum Gasteiger partial charge on any atom is -0.465 e. The molecule has 130 valence electrons. The smallest absolute Gasteiger partial charge is 0.320 e. The molecule has 0 aliphatic carbocycles. The van der Waals surface area contributed by atoms with Crippen molar-refractivity contribution in [2.75, 3.05) is 13.2 Å². The van der Waals surface area contributed by atoms with Crippen LogP contribution in [0.25, 0.3) is 0 Å². The van der Waals surface area contributed by atoms with E-state index >= 15 is 0 Å². The number of nitrogens with zero attached hydrogens (tertiary/aromatic N) is 2. The fourth-order valence-corrected chi connectivity index (χ4v) is 1.98. The highest BCUT2D eigenvalue weighted by Gasteiger charge is 2.32. The lowest BCUT2D eigenvalue weighted by molar-refractivity contribution is -0.394. The predicted molar refractivity (Wildman–Crippen MR) is 80.2 cm³/mol. The highest BCUT2D eigenvalue weighted by Crippen LogP contribution is 2.27. The van der Waals surface area contributed by atoms with E-state index in [0.29, 0.717) is 0 Å². The molecule has 10 heteroatoms. The van der Waals surface area contributed by atoms with E-state index in [1.807, 2.05) is 0 Å². The molecule has 0 N–H and O–H groups in total. The molecule has 0 spiro atoms. The second-order valence-corrected chi connectivity index (χ2v) is 4.59. The molecular formula is C14H16N2O8. The van der Waals surface area contributed by atoms with Crippen LogP contribution in [0.2, 0.25) is 0 Å². The molecule has 10 nitrogen and oxygen atoms in total. The molecule has 0 saturated carbocycles. The van der Waals surface area contributed by atoms with Gasteiger partial charge in [-0.05, 0) is 19.9 Å². The number of non-ortho nitro benzene ring substituents is 1. The Hall–Kier alpha value is -3.04. The molecule has 0 heterocycles. The van der Waals surface area contributed by atoms with Crippen molar-refractivity contribution in [2.45, 2.75) is 20.3 Å². The number of ether oxygens (including phenoxy) is 2. The lowest BCUT2D eigenvalue weighted by atomic mass is 9.97. The van der Waals surface area contributed by atoms with Crippen LogP contribution in [0.3, 0.4) is 0 Å². The quantitative estimate of drug-likeness (QED) is 0.302. The summed E-state index contributed by atoms with van der Waals surface area (Å²) in [4.78, 5) is 44.1. The van der Waals surface area contributed by atoms with E-state index in [-0.39, 0.29) is 25.2 Å². The average molecular weight is 340 g/mol. The first kappa shape index (κ1) is 19.0. The van der Waals surface area contributed by atoms with Crippen LogP contribution in [0.4, 0.5) is 11.4 Å². The maximum atomic E-state index is 11.9. The maximum absolute atomic E-state index is 11.9. The summed E-state index contributed by atoms with van der Waals surface area (Å²) in [6.07, 6.45) is -0.355. The van der Waals surface area contributed by atoms with Crippen molar-refractivity contribution in [1.29, 1.82) is 0 Å². The summed E-state index contributed by atoms with van der Waals surface area (Å²) in [6, 6.07) is 2.99. The molecular weight excluding hydrogens is 324 g/mol. The Morgan fingerprint density at radius 1 is 1.04 bits per heavy atom. The first-order valence-electron chi connectivity index (χ1n) is 7.06. The largest absolute Gasteiger partial charge is 0.465 e.